The number of nitrogens with one attached hydrogen (secondary N) is 2. The second kappa shape index (κ2) is 6.52. The van der Waals surface area contributed by atoms with Crippen LogP contribution < -0.4 is 10.6 Å². The van der Waals surface area contributed by atoms with E-state index >= 15 is 0 Å². The molecule has 2 aliphatic heterocycles. The molecule has 2 saturated heterocycles. The van der Waals surface area contributed by atoms with E-state index in [1.165, 1.54) is 19.3 Å². The van der Waals surface area contributed by atoms with Crippen molar-refractivity contribution in [2.45, 2.75) is 69.4 Å². The molecule has 2 fully saturated rings. The molecule has 3 unspecified atom stereocenters. The summed E-state index contributed by atoms with van der Waals surface area (Å²) in [4.78, 5) is 14.1. The Kier molecular flexibility index (Phi) is 5.14. The second-order valence-electron chi connectivity index (χ2n) is 6.29. The molecule has 122 valence electrons. The van der Waals surface area contributed by atoms with Crippen LogP contribution in [-0.2, 0) is 4.79 Å². The van der Waals surface area contributed by atoms with Crippen molar-refractivity contribution in [1.29, 1.82) is 0 Å². The summed E-state index contributed by atoms with van der Waals surface area (Å²) >= 11 is 0. The Balaban J connectivity index is 1.80. The second-order valence-corrected chi connectivity index (χ2v) is 6.29. The third-order valence-corrected chi connectivity index (χ3v) is 4.68. The summed E-state index contributed by atoms with van der Waals surface area (Å²) in [6.07, 6.45) is 1.14. The van der Waals surface area contributed by atoms with Gasteiger partial charge in [-0.15, -0.1) is 0 Å². The predicted octanol–water partition coefficient (Wildman–Crippen LogP) is 1.66. The predicted molar refractivity (Wildman–Crippen MR) is 73.9 cm³/mol. The minimum absolute atomic E-state index is 0.211. The van der Waals surface area contributed by atoms with Gasteiger partial charge in [-0.3, -0.25) is 4.79 Å². The third-order valence-electron chi connectivity index (χ3n) is 4.68. The molecule has 0 saturated carbocycles. The highest BCUT2D eigenvalue weighted by Crippen LogP contribution is 2.32. The maximum atomic E-state index is 12.1. The Labute approximate surface area is 123 Å². The molecule has 0 aliphatic carbocycles. The van der Waals surface area contributed by atoms with Crippen molar-refractivity contribution < 1.29 is 18.0 Å². The van der Waals surface area contributed by atoms with Gasteiger partial charge < -0.3 is 15.5 Å². The number of hydrogen-bond acceptors (Lipinski definition) is 3. The first-order valence-corrected chi connectivity index (χ1v) is 7.58. The summed E-state index contributed by atoms with van der Waals surface area (Å²) in [7, 11) is 2.14. The van der Waals surface area contributed by atoms with E-state index in [0.29, 0.717) is 12.1 Å². The summed E-state index contributed by atoms with van der Waals surface area (Å²) in [5.74, 6) is -0.587. The number of fused-ring (bicyclic) bond motifs is 2. The van der Waals surface area contributed by atoms with Crippen molar-refractivity contribution in [1.82, 2.24) is 15.5 Å². The molecule has 21 heavy (non-hydrogen) atoms. The molecule has 2 heterocycles. The van der Waals surface area contributed by atoms with Crippen LogP contribution in [0.1, 0.15) is 39.0 Å². The maximum Gasteiger partial charge on any atom is 0.405 e. The molecule has 0 radical (unpaired) electrons. The van der Waals surface area contributed by atoms with Crippen LogP contribution in [0.2, 0.25) is 0 Å². The van der Waals surface area contributed by atoms with Gasteiger partial charge in [0.15, 0.2) is 0 Å². The number of alkyl halides is 3. The Bertz CT molecular complexity index is 361. The zero-order valence-electron chi connectivity index (χ0n) is 12.5. The first-order chi connectivity index (χ1) is 9.76. The van der Waals surface area contributed by atoms with Gasteiger partial charge in [0.1, 0.15) is 6.54 Å². The fourth-order valence-electron chi connectivity index (χ4n) is 3.52. The average molecular weight is 307 g/mol. The smallest absolute Gasteiger partial charge is 0.346 e. The fourth-order valence-corrected chi connectivity index (χ4v) is 3.52. The molecule has 3 atom stereocenters. The van der Waals surface area contributed by atoms with Gasteiger partial charge in [0.2, 0.25) is 5.91 Å². The van der Waals surface area contributed by atoms with E-state index in [4.69, 9.17) is 0 Å². The third kappa shape index (κ3) is 4.57. The lowest BCUT2D eigenvalue weighted by Gasteiger charge is -2.47. The van der Waals surface area contributed by atoms with Crippen molar-refractivity contribution >= 4 is 5.91 Å². The molecule has 0 spiro atoms. The minimum Gasteiger partial charge on any atom is -0.346 e. The van der Waals surface area contributed by atoms with E-state index in [1.54, 1.807) is 6.92 Å². The molecule has 2 N–H and O–H groups in total. The molecule has 7 heteroatoms. The largest absolute Gasteiger partial charge is 0.405 e. The molecule has 2 bridgehead atoms. The number of amides is 1. The van der Waals surface area contributed by atoms with Gasteiger partial charge >= 0.3 is 6.18 Å². The SMILES string of the molecule is CC(NC1CC2CCCC(C1)N2C)C(=O)NCC(F)(F)F. The molecule has 0 aromatic carbocycles. The summed E-state index contributed by atoms with van der Waals surface area (Å²) in [5.41, 5.74) is 0. The van der Waals surface area contributed by atoms with E-state index in [0.717, 1.165) is 12.8 Å². The van der Waals surface area contributed by atoms with Crippen molar-refractivity contribution in [3.8, 4) is 0 Å². The number of piperidine rings is 2. The molecular weight excluding hydrogens is 283 g/mol. The molecule has 0 aromatic rings. The first-order valence-electron chi connectivity index (χ1n) is 7.58. The van der Waals surface area contributed by atoms with Crippen molar-refractivity contribution in [2.75, 3.05) is 13.6 Å². The lowest BCUT2D eigenvalue weighted by Crippen LogP contribution is -2.57. The monoisotopic (exact) mass is 307 g/mol. The van der Waals surface area contributed by atoms with Gasteiger partial charge in [-0.2, -0.15) is 13.2 Å². The van der Waals surface area contributed by atoms with Crippen LogP contribution in [0.3, 0.4) is 0 Å². The minimum atomic E-state index is -4.36. The molecule has 0 aromatic heterocycles. The zero-order chi connectivity index (χ0) is 15.6. The number of halogens is 3. The Morgan fingerprint density at radius 1 is 1.29 bits per heavy atom. The summed E-state index contributed by atoms with van der Waals surface area (Å²) in [6.45, 7) is 0.357. The normalized spacial score (nSPS) is 31.8. The van der Waals surface area contributed by atoms with Gasteiger partial charge in [-0.25, -0.2) is 0 Å². The summed E-state index contributed by atoms with van der Waals surface area (Å²) in [6, 6.07) is 0.672. The molecular formula is C14H24F3N3O. The Hall–Kier alpha value is -0.820. The molecule has 4 nitrogen and oxygen atoms in total. The van der Waals surface area contributed by atoms with Crippen LogP contribution in [0.25, 0.3) is 0 Å². The van der Waals surface area contributed by atoms with Crippen molar-refractivity contribution in [3.63, 3.8) is 0 Å². The molecule has 2 rings (SSSR count). The van der Waals surface area contributed by atoms with Crippen molar-refractivity contribution in [2.24, 2.45) is 0 Å². The van der Waals surface area contributed by atoms with E-state index in [2.05, 4.69) is 17.3 Å². The van der Waals surface area contributed by atoms with Crippen LogP contribution in [0.15, 0.2) is 0 Å². The standard InChI is InChI=1S/C14H24F3N3O/c1-9(13(21)18-8-14(15,16)17)19-10-6-11-4-3-5-12(7-10)20(11)2/h9-12,19H,3-8H2,1-2H3,(H,18,21). The highest BCUT2D eigenvalue weighted by molar-refractivity contribution is 5.81. The topological polar surface area (TPSA) is 44.4 Å². The highest BCUT2D eigenvalue weighted by atomic mass is 19.4. The van der Waals surface area contributed by atoms with Crippen LogP contribution in [-0.4, -0.2) is 54.7 Å². The number of carbonyl (C=O) groups is 1. The van der Waals surface area contributed by atoms with Crippen molar-refractivity contribution in [3.05, 3.63) is 0 Å². The van der Waals surface area contributed by atoms with Gasteiger partial charge in [-0.05, 0) is 39.7 Å². The number of hydrogen-bond donors (Lipinski definition) is 2. The number of rotatable bonds is 4. The summed E-state index contributed by atoms with van der Waals surface area (Å²) < 4.78 is 36.3. The van der Waals surface area contributed by atoms with Gasteiger partial charge in [-0.1, -0.05) is 6.42 Å². The summed E-state index contributed by atoms with van der Waals surface area (Å²) in [5, 5.41) is 5.13. The zero-order valence-corrected chi connectivity index (χ0v) is 12.5. The lowest BCUT2D eigenvalue weighted by atomic mass is 9.82. The van der Waals surface area contributed by atoms with Gasteiger partial charge in [0.05, 0.1) is 6.04 Å². The van der Waals surface area contributed by atoms with Gasteiger partial charge in [0, 0.05) is 18.1 Å². The molecule has 2 aliphatic rings. The first kappa shape index (κ1) is 16.5. The van der Waals surface area contributed by atoms with E-state index in [9.17, 15) is 18.0 Å². The molecule has 1 amide bonds. The quantitative estimate of drug-likeness (QED) is 0.830. The van der Waals surface area contributed by atoms with Crippen LogP contribution in [0.5, 0.6) is 0 Å². The van der Waals surface area contributed by atoms with Crippen LogP contribution in [0, 0.1) is 0 Å². The van der Waals surface area contributed by atoms with E-state index in [1.807, 2.05) is 5.32 Å². The van der Waals surface area contributed by atoms with E-state index in [-0.39, 0.29) is 6.04 Å². The number of nitrogens with zero attached hydrogens (tertiary/aromatic N) is 1. The lowest BCUT2D eigenvalue weighted by molar-refractivity contribution is -0.139. The van der Waals surface area contributed by atoms with E-state index < -0.39 is 24.7 Å². The van der Waals surface area contributed by atoms with Gasteiger partial charge in [0.25, 0.3) is 0 Å². The number of carbonyl (C=O) groups excluding carboxylic acids is 1. The Morgan fingerprint density at radius 3 is 2.38 bits per heavy atom. The Morgan fingerprint density at radius 2 is 1.86 bits per heavy atom. The fraction of sp³-hybridized carbons (Fsp3) is 0.929. The highest BCUT2D eigenvalue weighted by Gasteiger charge is 2.37. The maximum absolute atomic E-state index is 12.1. The average Bonchev–Trinajstić information content (AvgIpc) is 2.36. The van der Waals surface area contributed by atoms with Crippen LogP contribution >= 0.6 is 0 Å². The van der Waals surface area contributed by atoms with Crippen LogP contribution in [0.4, 0.5) is 13.2 Å².